The summed E-state index contributed by atoms with van der Waals surface area (Å²) in [6.45, 7) is 6.12. The van der Waals surface area contributed by atoms with Crippen molar-refractivity contribution in [2.75, 3.05) is 24.1 Å². The number of carbonyl (C=O) groups excluding carboxylic acids is 2. The number of carbonyl (C=O) groups is 2. The van der Waals surface area contributed by atoms with E-state index in [0.29, 0.717) is 19.4 Å². The van der Waals surface area contributed by atoms with Crippen LogP contribution in [0.1, 0.15) is 33.6 Å². The molecule has 2 heterocycles. The zero-order chi connectivity index (χ0) is 21.2. The lowest BCUT2D eigenvalue weighted by Gasteiger charge is -2.32. The third-order valence-electron chi connectivity index (χ3n) is 4.40. The minimum absolute atomic E-state index is 0.110. The fourth-order valence-corrected chi connectivity index (χ4v) is 2.93. The van der Waals surface area contributed by atoms with Crippen molar-refractivity contribution in [3.8, 4) is 0 Å². The normalized spacial score (nSPS) is 17.8. The summed E-state index contributed by atoms with van der Waals surface area (Å²) in [6, 6.07) is 0. The van der Waals surface area contributed by atoms with Gasteiger partial charge in [-0.3, -0.25) is 24.1 Å². The van der Waals surface area contributed by atoms with Crippen LogP contribution in [-0.2, 0) is 23.6 Å². The molecule has 1 unspecified atom stereocenters. The predicted octanol–water partition coefficient (Wildman–Crippen LogP) is -0.244. The monoisotopic (exact) mass is 396 g/mol. The van der Waals surface area contributed by atoms with Crippen molar-refractivity contribution in [2.45, 2.75) is 39.2 Å². The molecular formula is C17H28N6O5. The smallest absolute Gasteiger partial charge is 0.422 e. The molecule has 11 nitrogen and oxygen atoms in total. The molecule has 2 amide bonds. The lowest BCUT2D eigenvalue weighted by atomic mass is 9.98. The molecule has 1 saturated heterocycles. The Hall–Kier alpha value is -2.82. The van der Waals surface area contributed by atoms with Crippen LogP contribution in [0.4, 0.5) is 16.3 Å². The second-order valence-corrected chi connectivity index (χ2v) is 7.85. The van der Waals surface area contributed by atoms with Crippen molar-refractivity contribution in [3.63, 3.8) is 0 Å². The molecule has 1 aromatic rings. The molecule has 0 aromatic carbocycles. The van der Waals surface area contributed by atoms with E-state index in [0.717, 1.165) is 9.13 Å². The van der Waals surface area contributed by atoms with E-state index in [1.165, 1.54) is 14.1 Å². The minimum Gasteiger partial charge on any atom is -0.443 e. The fraction of sp³-hybridized carbons (Fsp3) is 0.647. The van der Waals surface area contributed by atoms with Gasteiger partial charge in [0.1, 0.15) is 17.1 Å². The summed E-state index contributed by atoms with van der Waals surface area (Å²) in [7, 11) is 2.73. The molecule has 0 spiro atoms. The van der Waals surface area contributed by atoms with Crippen LogP contribution in [0.2, 0.25) is 0 Å². The zero-order valence-corrected chi connectivity index (χ0v) is 16.9. The maximum absolute atomic E-state index is 12.7. The number of aromatic nitrogens is 2. The lowest BCUT2D eigenvalue weighted by molar-refractivity contribution is -0.122. The van der Waals surface area contributed by atoms with Crippen LogP contribution >= 0.6 is 0 Å². The quantitative estimate of drug-likeness (QED) is 0.640. The first kappa shape index (κ1) is 21.5. The van der Waals surface area contributed by atoms with Crippen LogP contribution in [0.3, 0.4) is 0 Å². The highest BCUT2D eigenvalue weighted by Gasteiger charge is 2.29. The highest BCUT2D eigenvalue weighted by atomic mass is 16.6. The van der Waals surface area contributed by atoms with E-state index >= 15 is 0 Å². The average molecular weight is 396 g/mol. The van der Waals surface area contributed by atoms with Gasteiger partial charge in [0.05, 0.1) is 5.92 Å². The molecule has 1 atom stereocenters. The molecule has 1 fully saturated rings. The van der Waals surface area contributed by atoms with Crippen LogP contribution in [0.5, 0.6) is 0 Å². The number of piperidine rings is 1. The molecule has 156 valence electrons. The number of nitrogens with zero attached hydrogens (tertiary/aromatic N) is 3. The molecule has 11 heteroatoms. The molecule has 2 rings (SSSR count). The molecule has 1 aliphatic rings. The number of hydrogen-bond donors (Lipinski definition) is 3. The van der Waals surface area contributed by atoms with E-state index in [4.69, 9.17) is 10.5 Å². The summed E-state index contributed by atoms with van der Waals surface area (Å²) < 4.78 is 7.19. The highest BCUT2D eigenvalue weighted by Crippen LogP contribution is 2.19. The molecule has 0 aliphatic carbocycles. The number of nitrogen functional groups attached to an aromatic ring is 1. The van der Waals surface area contributed by atoms with E-state index < -0.39 is 34.8 Å². The maximum Gasteiger partial charge on any atom is 0.422 e. The average Bonchev–Trinajstić information content (AvgIpc) is 2.60. The Labute approximate surface area is 162 Å². The molecule has 0 radical (unpaired) electrons. The van der Waals surface area contributed by atoms with E-state index in [1.54, 1.807) is 25.8 Å². The summed E-state index contributed by atoms with van der Waals surface area (Å²) in [6.07, 6.45) is 0.670. The number of ether oxygens (including phenoxy) is 1. The van der Waals surface area contributed by atoms with Gasteiger partial charge < -0.3 is 15.8 Å². The van der Waals surface area contributed by atoms with Crippen LogP contribution in [-0.4, -0.2) is 44.8 Å². The third kappa shape index (κ3) is 4.91. The second-order valence-electron chi connectivity index (χ2n) is 7.85. The standard InChI is InChI=1S/C17H28N6O5/c1-17(2,3)28-15(26)20-23-8-6-7-10(9-23)13(24)19-11-12(18)21(4)16(27)22(5)14(11)25/h10H,6-9,18H2,1-5H3,(H,19,24)(H,20,26). The summed E-state index contributed by atoms with van der Waals surface area (Å²) in [4.78, 5) is 48.8. The van der Waals surface area contributed by atoms with Crippen molar-refractivity contribution in [1.29, 1.82) is 0 Å². The second kappa shape index (κ2) is 8.05. The van der Waals surface area contributed by atoms with Crippen LogP contribution in [0.15, 0.2) is 9.59 Å². The van der Waals surface area contributed by atoms with Crippen molar-refractivity contribution in [2.24, 2.45) is 20.0 Å². The molecule has 4 N–H and O–H groups in total. The first-order chi connectivity index (χ1) is 12.9. The molecule has 0 bridgehead atoms. The Kier molecular flexibility index (Phi) is 6.17. The van der Waals surface area contributed by atoms with Crippen LogP contribution < -0.4 is 27.7 Å². The Balaban J connectivity index is 2.08. The molecule has 28 heavy (non-hydrogen) atoms. The van der Waals surface area contributed by atoms with Crippen LogP contribution in [0, 0.1) is 5.92 Å². The van der Waals surface area contributed by atoms with Crippen molar-refractivity contribution in [3.05, 3.63) is 20.8 Å². The van der Waals surface area contributed by atoms with E-state index in [2.05, 4.69) is 10.7 Å². The number of rotatable bonds is 3. The van der Waals surface area contributed by atoms with Gasteiger partial charge in [-0.05, 0) is 33.6 Å². The summed E-state index contributed by atoms with van der Waals surface area (Å²) >= 11 is 0. The number of anilines is 2. The zero-order valence-electron chi connectivity index (χ0n) is 16.9. The van der Waals surface area contributed by atoms with Crippen molar-refractivity contribution < 1.29 is 14.3 Å². The Morgan fingerprint density at radius 1 is 1.18 bits per heavy atom. The van der Waals surface area contributed by atoms with Gasteiger partial charge in [0.2, 0.25) is 5.91 Å². The molecule has 1 aliphatic heterocycles. The van der Waals surface area contributed by atoms with Gasteiger partial charge >= 0.3 is 11.8 Å². The van der Waals surface area contributed by atoms with Gasteiger partial charge in [0, 0.05) is 27.2 Å². The Bertz CT molecular complexity index is 882. The third-order valence-corrected chi connectivity index (χ3v) is 4.40. The largest absolute Gasteiger partial charge is 0.443 e. The van der Waals surface area contributed by atoms with E-state index in [1.807, 2.05) is 0 Å². The van der Waals surface area contributed by atoms with Crippen molar-refractivity contribution >= 4 is 23.5 Å². The van der Waals surface area contributed by atoms with Gasteiger partial charge in [0.15, 0.2) is 0 Å². The topological polar surface area (TPSA) is 141 Å². The van der Waals surface area contributed by atoms with E-state index in [9.17, 15) is 19.2 Å². The van der Waals surface area contributed by atoms with Crippen molar-refractivity contribution in [1.82, 2.24) is 19.6 Å². The number of hydrogen-bond acceptors (Lipinski definition) is 7. The Morgan fingerprint density at radius 3 is 2.43 bits per heavy atom. The highest BCUT2D eigenvalue weighted by molar-refractivity contribution is 5.94. The lowest BCUT2D eigenvalue weighted by Crippen LogP contribution is -2.51. The van der Waals surface area contributed by atoms with Gasteiger partial charge in [0.25, 0.3) is 5.56 Å². The summed E-state index contributed by atoms with van der Waals surface area (Å²) in [5, 5.41) is 4.16. The first-order valence-electron chi connectivity index (χ1n) is 9.01. The summed E-state index contributed by atoms with van der Waals surface area (Å²) in [5.41, 5.74) is 6.45. The minimum atomic E-state index is -0.673. The van der Waals surface area contributed by atoms with Gasteiger partial charge in [-0.15, -0.1) is 0 Å². The number of amides is 2. The first-order valence-corrected chi connectivity index (χ1v) is 9.01. The summed E-state index contributed by atoms with van der Waals surface area (Å²) in [5.74, 6) is -0.982. The van der Waals surface area contributed by atoms with Crippen LogP contribution in [0.25, 0.3) is 0 Å². The van der Waals surface area contributed by atoms with Gasteiger partial charge in [-0.1, -0.05) is 0 Å². The number of nitrogens with two attached hydrogens (primary N) is 1. The molecular weight excluding hydrogens is 368 g/mol. The number of hydrazine groups is 1. The molecule has 0 saturated carbocycles. The van der Waals surface area contributed by atoms with E-state index in [-0.39, 0.29) is 18.1 Å². The van der Waals surface area contributed by atoms with Gasteiger partial charge in [-0.25, -0.2) is 14.6 Å². The SMILES string of the molecule is Cn1c(N)c(NC(=O)C2CCCN(NC(=O)OC(C)(C)C)C2)c(=O)n(C)c1=O. The molecule has 1 aromatic heterocycles. The number of nitrogens with one attached hydrogen (secondary N) is 2. The predicted molar refractivity (Wildman–Crippen MR) is 104 cm³/mol. The maximum atomic E-state index is 12.7. The fourth-order valence-electron chi connectivity index (χ4n) is 2.93. The Morgan fingerprint density at radius 2 is 1.82 bits per heavy atom. The van der Waals surface area contributed by atoms with Gasteiger partial charge in [-0.2, -0.15) is 0 Å².